The fraction of sp³-hybridized carbons (Fsp3) is 0.550. The number of aromatic nitrogens is 2. The molecule has 9 heteroatoms. The van der Waals surface area contributed by atoms with Gasteiger partial charge in [-0.15, -0.1) is 0 Å². The molecule has 156 valence electrons. The van der Waals surface area contributed by atoms with Gasteiger partial charge < -0.3 is 9.88 Å². The highest BCUT2D eigenvalue weighted by Gasteiger charge is 2.69. The number of halogens is 3. The zero-order valence-electron chi connectivity index (χ0n) is 15.7. The maximum Gasteiger partial charge on any atom is 0.394 e. The van der Waals surface area contributed by atoms with E-state index in [2.05, 4.69) is 4.98 Å². The summed E-state index contributed by atoms with van der Waals surface area (Å²) in [6.45, 7) is 0.875. The summed E-state index contributed by atoms with van der Waals surface area (Å²) in [5, 5.41) is 0.573. The molecule has 1 N–H and O–H groups in total. The molecule has 2 fully saturated rings. The summed E-state index contributed by atoms with van der Waals surface area (Å²) in [6.07, 6.45) is -1.57. The number of fused-ring (bicyclic) bond motifs is 2. The van der Waals surface area contributed by atoms with Gasteiger partial charge in [0.2, 0.25) is 5.91 Å². The van der Waals surface area contributed by atoms with Gasteiger partial charge in [-0.3, -0.25) is 14.2 Å². The van der Waals surface area contributed by atoms with Crippen molar-refractivity contribution in [1.29, 1.82) is 0 Å². The summed E-state index contributed by atoms with van der Waals surface area (Å²) in [6, 6.07) is 6.53. The van der Waals surface area contributed by atoms with E-state index in [4.69, 9.17) is 12.2 Å². The molecule has 1 amide bonds. The predicted octanol–water partition coefficient (Wildman–Crippen LogP) is 4.03. The van der Waals surface area contributed by atoms with Crippen LogP contribution in [0.1, 0.15) is 32.1 Å². The third-order valence-corrected chi connectivity index (χ3v) is 6.37. The minimum atomic E-state index is -4.21. The smallest absolute Gasteiger partial charge is 0.339 e. The SMILES string of the molecule is O=C(CCCCCn1c(=S)[nH]c2ccccc2c1=O)N1CC[C@@H]2[C@H]1[C@H]2C(F)(F)F. The zero-order chi connectivity index (χ0) is 20.8. The number of aromatic amines is 1. The molecule has 1 aromatic carbocycles. The number of hydrogen-bond acceptors (Lipinski definition) is 3. The van der Waals surface area contributed by atoms with Crippen LogP contribution < -0.4 is 5.56 Å². The Hall–Kier alpha value is -2.16. The number of carbonyl (C=O) groups excluding carboxylic acids is 1. The molecule has 1 aliphatic carbocycles. The van der Waals surface area contributed by atoms with E-state index in [1.165, 1.54) is 9.47 Å². The lowest BCUT2D eigenvalue weighted by Crippen LogP contribution is -2.34. The van der Waals surface area contributed by atoms with Crippen LogP contribution in [0, 0.1) is 16.6 Å². The largest absolute Gasteiger partial charge is 0.394 e. The maximum atomic E-state index is 12.9. The average molecular weight is 425 g/mol. The van der Waals surface area contributed by atoms with E-state index in [1.807, 2.05) is 6.07 Å². The van der Waals surface area contributed by atoms with Gasteiger partial charge in [0.25, 0.3) is 5.56 Å². The zero-order valence-corrected chi connectivity index (χ0v) is 16.6. The number of likely N-dealkylation sites (tertiary alicyclic amines) is 1. The van der Waals surface area contributed by atoms with Gasteiger partial charge in [0.15, 0.2) is 4.77 Å². The summed E-state index contributed by atoms with van der Waals surface area (Å²) in [5.74, 6) is -1.92. The van der Waals surface area contributed by atoms with Crippen LogP contribution >= 0.6 is 12.2 Å². The molecule has 2 aliphatic rings. The summed E-state index contributed by atoms with van der Waals surface area (Å²) in [7, 11) is 0. The number of carbonyl (C=O) groups is 1. The highest BCUT2D eigenvalue weighted by Crippen LogP contribution is 2.58. The summed E-state index contributed by atoms with van der Waals surface area (Å²) in [4.78, 5) is 29.4. The Balaban J connectivity index is 1.27. The summed E-state index contributed by atoms with van der Waals surface area (Å²) >= 11 is 5.27. The van der Waals surface area contributed by atoms with E-state index >= 15 is 0 Å². The molecule has 0 unspecified atom stereocenters. The number of para-hydroxylation sites is 1. The molecule has 29 heavy (non-hydrogen) atoms. The van der Waals surface area contributed by atoms with Crippen molar-refractivity contribution in [2.24, 2.45) is 11.8 Å². The molecule has 2 heterocycles. The lowest BCUT2D eigenvalue weighted by Gasteiger charge is -2.21. The maximum absolute atomic E-state index is 12.9. The molecule has 1 aromatic heterocycles. The van der Waals surface area contributed by atoms with E-state index in [9.17, 15) is 22.8 Å². The van der Waals surface area contributed by atoms with Crippen LogP contribution in [0.3, 0.4) is 0 Å². The topological polar surface area (TPSA) is 58.1 Å². The molecule has 5 nitrogen and oxygen atoms in total. The van der Waals surface area contributed by atoms with Gasteiger partial charge in [0.05, 0.1) is 16.8 Å². The lowest BCUT2D eigenvalue weighted by atomic mass is 10.1. The number of H-pyrrole nitrogens is 1. The molecular formula is C20H22F3N3O2S. The van der Waals surface area contributed by atoms with E-state index in [-0.39, 0.29) is 17.9 Å². The second kappa shape index (κ2) is 7.59. The minimum Gasteiger partial charge on any atom is -0.339 e. The summed E-state index contributed by atoms with van der Waals surface area (Å²) in [5.41, 5.74) is 0.556. The minimum absolute atomic E-state index is 0.143. The van der Waals surface area contributed by atoms with Crippen molar-refractivity contribution in [3.63, 3.8) is 0 Å². The number of benzene rings is 1. The number of hydrogen-bond donors (Lipinski definition) is 1. The Labute approximate surface area is 170 Å². The standard InChI is InChI=1S/C20H22F3N3O2S/c21-20(22,23)16-13-9-11-25(17(13)16)15(27)8-2-1-5-10-26-18(28)12-6-3-4-7-14(12)24-19(26)29/h3-4,6-7,13,16-17H,1-2,5,8-11H2,(H,24,29)/t13-,16-,17-/m0/s1. The van der Waals surface area contributed by atoms with Crippen molar-refractivity contribution in [1.82, 2.24) is 14.5 Å². The fourth-order valence-corrected chi connectivity index (χ4v) is 4.85. The van der Waals surface area contributed by atoms with Crippen molar-refractivity contribution in [3.05, 3.63) is 39.4 Å². The molecule has 0 bridgehead atoms. The van der Waals surface area contributed by atoms with Gasteiger partial charge in [-0.05, 0) is 49.5 Å². The Bertz CT molecular complexity index is 1050. The first-order valence-corrected chi connectivity index (χ1v) is 10.3. The Kier molecular flexibility index (Phi) is 5.27. The number of amides is 1. The number of piperidine rings is 1. The number of rotatable bonds is 6. The van der Waals surface area contributed by atoms with Crippen LogP contribution in [0.5, 0.6) is 0 Å². The third kappa shape index (κ3) is 3.84. The molecular weight excluding hydrogens is 403 g/mol. The van der Waals surface area contributed by atoms with Crippen molar-refractivity contribution < 1.29 is 18.0 Å². The van der Waals surface area contributed by atoms with Gasteiger partial charge in [-0.2, -0.15) is 13.2 Å². The second-order valence-electron chi connectivity index (χ2n) is 7.84. The van der Waals surface area contributed by atoms with Gasteiger partial charge in [-0.1, -0.05) is 18.6 Å². The van der Waals surface area contributed by atoms with Crippen LogP contribution in [-0.2, 0) is 11.3 Å². The third-order valence-electron chi connectivity index (χ3n) is 6.05. The van der Waals surface area contributed by atoms with Crippen LogP contribution in [0.2, 0.25) is 0 Å². The first-order valence-electron chi connectivity index (χ1n) is 9.87. The predicted molar refractivity (Wildman–Crippen MR) is 105 cm³/mol. The van der Waals surface area contributed by atoms with Crippen molar-refractivity contribution in [3.8, 4) is 0 Å². The molecule has 3 atom stereocenters. The van der Waals surface area contributed by atoms with Crippen LogP contribution in [0.4, 0.5) is 13.2 Å². The Morgan fingerprint density at radius 3 is 2.69 bits per heavy atom. The molecule has 1 saturated heterocycles. The number of unbranched alkanes of at least 4 members (excludes halogenated alkanes) is 2. The lowest BCUT2D eigenvalue weighted by molar-refractivity contribution is -0.159. The van der Waals surface area contributed by atoms with Crippen LogP contribution in [0.15, 0.2) is 29.1 Å². The second-order valence-corrected chi connectivity index (χ2v) is 8.23. The Morgan fingerprint density at radius 2 is 1.97 bits per heavy atom. The number of alkyl halides is 3. The van der Waals surface area contributed by atoms with Crippen LogP contribution in [-0.4, -0.2) is 39.1 Å². The highest BCUT2D eigenvalue weighted by molar-refractivity contribution is 7.71. The fourth-order valence-electron chi connectivity index (χ4n) is 4.56. The van der Waals surface area contributed by atoms with Crippen molar-refractivity contribution >= 4 is 29.0 Å². The monoisotopic (exact) mass is 425 g/mol. The van der Waals surface area contributed by atoms with E-state index in [0.717, 1.165) is 0 Å². The summed E-state index contributed by atoms with van der Waals surface area (Å²) < 4.78 is 40.6. The normalized spacial score (nSPS) is 23.4. The molecule has 1 aliphatic heterocycles. The first kappa shape index (κ1) is 20.1. The quantitative estimate of drug-likeness (QED) is 0.562. The van der Waals surface area contributed by atoms with Gasteiger partial charge >= 0.3 is 6.18 Å². The molecule has 2 aromatic rings. The number of nitrogens with zero attached hydrogens (tertiary/aromatic N) is 2. The Morgan fingerprint density at radius 1 is 1.21 bits per heavy atom. The first-order chi connectivity index (χ1) is 13.8. The van der Waals surface area contributed by atoms with E-state index in [0.29, 0.717) is 54.4 Å². The average Bonchev–Trinajstić information content (AvgIpc) is 3.25. The van der Waals surface area contributed by atoms with Gasteiger partial charge in [0.1, 0.15) is 0 Å². The molecule has 4 rings (SSSR count). The van der Waals surface area contributed by atoms with Crippen molar-refractivity contribution in [2.75, 3.05) is 6.54 Å². The van der Waals surface area contributed by atoms with Crippen LogP contribution in [0.25, 0.3) is 10.9 Å². The number of nitrogens with one attached hydrogen (secondary N) is 1. The highest BCUT2D eigenvalue weighted by atomic mass is 32.1. The van der Waals surface area contributed by atoms with E-state index in [1.54, 1.807) is 18.2 Å². The molecule has 0 spiro atoms. The molecule has 0 radical (unpaired) electrons. The molecule has 1 saturated carbocycles. The van der Waals surface area contributed by atoms with E-state index < -0.39 is 24.1 Å². The van der Waals surface area contributed by atoms with Gasteiger partial charge in [0, 0.05) is 25.6 Å². The van der Waals surface area contributed by atoms with Gasteiger partial charge in [-0.25, -0.2) is 0 Å². The van der Waals surface area contributed by atoms with Crippen molar-refractivity contribution in [2.45, 2.75) is 50.9 Å².